The number of carbonyl (C=O) groups excluding carboxylic acids is 1. The van der Waals surface area contributed by atoms with E-state index in [4.69, 9.17) is 4.43 Å². The molecule has 0 saturated carbocycles. The molecule has 0 saturated heterocycles. The van der Waals surface area contributed by atoms with Crippen LogP contribution in [0.4, 0.5) is 0 Å². The minimum Gasteiger partial charge on any atom is -0.414 e. The monoisotopic (exact) mass is 346 g/mol. The van der Waals surface area contributed by atoms with Crippen LogP contribution in [0.25, 0.3) is 0 Å². The van der Waals surface area contributed by atoms with Gasteiger partial charge in [-0.1, -0.05) is 78.0 Å². The second-order valence-corrected chi connectivity index (χ2v) is 14.5. The van der Waals surface area contributed by atoms with Crippen molar-refractivity contribution in [2.24, 2.45) is 0 Å². The fourth-order valence-corrected chi connectivity index (χ4v) is 4.58. The van der Waals surface area contributed by atoms with Gasteiger partial charge in [0, 0.05) is 11.2 Å². The van der Waals surface area contributed by atoms with E-state index in [2.05, 4.69) is 47.3 Å². The molecule has 0 unspecified atom stereocenters. The number of thioether (sulfide) groups is 1. The van der Waals surface area contributed by atoms with Gasteiger partial charge in [0.2, 0.25) is 0 Å². The van der Waals surface area contributed by atoms with Crippen molar-refractivity contribution < 1.29 is 9.22 Å². The summed E-state index contributed by atoms with van der Waals surface area (Å²) >= 11 is 1.46. The van der Waals surface area contributed by atoms with E-state index in [-0.39, 0.29) is 16.0 Å². The van der Waals surface area contributed by atoms with Crippen molar-refractivity contribution in [2.45, 2.75) is 110 Å². The Labute approximate surface area is 144 Å². The molecule has 0 amide bonds. The molecule has 0 spiro atoms. The van der Waals surface area contributed by atoms with Gasteiger partial charge in [0.05, 0.1) is 6.10 Å². The second-order valence-electron chi connectivity index (χ2n) is 8.20. The van der Waals surface area contributed by atoms with E-state index in [1.165, 1.54) is 50.3 Å². The van der Waals surface area contributed by atoms with Crippen LogP contribution in [0.15, 0.2) is 0 Å². The largest absolute Gasteiger partial charge is 0.414 e. The van der Waals surface area contributed by atoms with Crippen molar-refractivity contribution in [1.29, 1.82) is 0 Å². The van der Waals surface area contributed by atoms with Crippen molar-refractivity contribution in [3.8, 4) is 0 Å². The molecule has 4 heteroatoms. The zero-order chi connectivity index (χ0) is 17.2. The summed E-state index contributed by atoms with van der Waals surface area (Å²) in [6.45, 7) is 15.2. The van der Waals surface area contributed by atoms with Gasteiger partial charge in [-0.15, -0.1) is 0 Å². The van der Waals surface area contributed by atoms with E-state index < -0.39 is 8.32 Å². The van der Waals surface area contributed by atoms with Crippen LogP contribution in [0.1, 0.15) is 79.1 Å². The number of carbonyl (C=O) groups is 1. The Morgan fingerprint density at radius 2 is 1.59 bits per heavy atom. The van der Waals surface area contributed by atoms with Crippen LogP contribution < -0.4 is 0 Å². The van der Waals surface area contributed by atoms with Crippen LogP contribution in [-0.4, -0.2) is 24.3 Å². The van der Waals surface area contributed by atoms with Crippen molar-refractivity contribution >= 4 is 25.2 Å². The van der Waals surface area contributed by atoms with E-state index in [0.29, 0.717) is 6.42 Å². The minimum absolute atomic E-state index is 0.000939. The highest BCUT2D eigenvalue weighted by Gasteiger charge is 2.25. The molecule has 0 radical (unpaired) electrons. The maximum absolute atomic E-state index is 12.2. The number of hydrogen-bond acceptors (Lipinski definition) is 3. The summed E-state index contributed by atoms with van der Waals surface area (Å²) in [5.41, 5.74) is 0. The van der Waals surface area contributed by atoms with Crippen LogP contribution in [-0.2, 0) is 9.22 Å². The van der Waals surface area contributed by atoms with Gasteiger partial charge in [0.15, 0.2) is 13.4 Å². The van der Waals surface area contributed by atoms with E-state index in [1.807, 2.05) is 0 Å². The molecule has 0 N–H and O–H groups in total. The summed E-state index contributed by atoms with van der Waals surface area (Å²) in [5, 5.41) is 0.279. The molecule has 1 atom stereocenters. The summed E-state index contributed by atoms with van der Waals surface area (Å²) in [4.78, 5) is 12.2. The first-order chi connectivity index (χ1) is 10.0. The maximum Gasteiger partial charge on any atom is 0.191 e. The molecule has 2 nitrogen and oxygen atoms in total. The average Bonchev–Trinajstić information content (AvgIpc) is 2.28. The molecule has 0 aromatic carbocycles. The Bertz CT molecular complexity index is 305. The van der Waals surface area contributed by atoms with Crippen LogP contribution in [0.2, 0.25) is 19.6 Å². The van der Waals surface area contributed by atoms with E-state index in [0.717, 1.165) is 6.42 Å². The Morgan fingerprint density at radius 1 is 1.05 bits per heavy atom. The second kappa shape index (κ2) is 10.9. The summed E-state index contributed by atoms with van der Waals surface area (Å²) in [6.07, 6.45) is 9.48. The Hall–Kier alpha value is 0.197. The van der Waals surface area contributed by atoms with Gasteiger partial charge in [0.25, 0.3) is 0 Å². The third-order valence-electron chi connectivity index (χ3n) is 3.21. The van der Waals surface area contributed by atoms with Crippen LogP contribution >= 0.6 is 11.8 Å². The predicted molar refractivity (Wildman–Crippen MR) is 103 cm³/mol. The maximum atomic E-state index is 12.2. The molecule has 0 aliphatic rings. The topological polar surface area (TPSA) is 26.3 Å². The quantitative estimate of drug-likeness (QED) is 0.319. The van der Waals surface area contributed by atoms with Crippen molar-refractivity contribution in [1.82, 2.24) is 0 Å². The summed E-state index contributed by atoms with van der Waals surface area (Å²) in [5.74, 6) is 0. The molecule has 0 aromatic rings. The van der Waals surface area contributed by atoms with Gasteiger partial charge in [-0.2, -0.15) is 0 Å². The zero-order valence-corrected chi connectivity index (χ0v) is 17.8. The van der Waals surface area contributed by atoms with Crippen LogP contribution in [0, 0.1) is 0 Å². The van der Waals surface area contributed by atoms with Gasteiger partial charge < -0.3 is 4.43 Å². The highest BCUT2D eigenvalue weighted by atomic mass is 32.2. The fraction of sp³-hybridized carbons (Fsp3) is 0.944. The standard InChI is InChI=1S/C18H38O2SSi/c1-8-9-10-11-12-13-14-16(20-22(5,6)7)15-17(19)21-18(2,3)4/h16H,8-15H2,1-7H3/t16-/m0/s1. The van der Waals surface area contributed by atoms with Gasteiger partial charge in [-0.05, 0) is 26.1 Å². The van der Waals surface area contributed by atoms with Crippen molar-refractivity contribution in [3.05, 3.63) is 0 Å². The lowest BCUT2D eigenvalue weighted by Crippen LogP contribution is -2.33. The van der Waals surface area contributed by atoms with Crippen molar-refractivity contribution in [2.75, 3.05) is 0 Å². The molecular weight excluding hydrogens is 308 g/mol. The summed E-state index contributed by atoms with van der Waals surface area (Å²) in [6, 6.07) is 0. The summed E-state index contributed by atoms with van der Waals surface area (Å²) < 4.78 is 6.26. The van der Waals surface area contributed by atoms with Crippen LogP contribution in [0.3, 0.4) is 0 Å². The molecule has 0 heterocycles. The number of unbranched alkanes of at least 4 members (excludes halogenated alkanes) is 5. The minimum atomic E-state index is -1.59. The third kappa shape index (κ3) is 15.1. The molecular formula is C18H38O2SSi. The molecule has 0 rings (SSSR count). The molecule has 0 aromatic heterocycles. The predicted octanol–water partition coefficient (Wildman–Crippen LogP) is 6.41. The highest BCUT2D eigenvalue weighted by molar-refractivity contribution is 8.14. The molecule has 0 bridgehead atoms. The molecule has 22 heavy (non-hydrogen) atoms. The van der Waals surface area contributed by atoms with Crippen LogP contribution in [0.5, 0.6) is 0 Å². The Morgan fingerprint density at radius 3 is 2.09 bits per heavy atom. The van der Waals surface area contributed by atoms with Crippen molar-refractivity contribution in [3.63, 3.8) is 0 Å². The van der Waals surface area contributed by atoms with E-state index in [9.17, 15) is 4.79 Å². The zero-order valence-electron chi connectivity index (χ0n) is 16.0. The SMILES string of the molecule is CCCCCCCC[C@@H](CC(=O)SC(C)(C)C)O[Si](C)(C)C. The lowest BCUT2D eigenvalue weighted by atomic mass is 10.1. The molecule has 132 valence electrons. The smallest absolute Gasteiger partial charge is 0.191 e. The van der Waals surface area contributed by atoms with E-state index in [1.54, 1.807) is 0 Å². The number of rotatable bonds is 11. The van der Waals surface area contributed by atoms with Gasteiger partial charge in [-0.25, -0.2) is 0 Å². The molecule has 0 aliphatic heterocycles. The van der Waals surface area contributed by atoms with Gasteiger partial charge in [0.1, 0.15) is 0 Å². The third-order valence-corrected chi connectivity index (χ3v) is 5.26. The Balaban J connectivity index is 4.24. The molecule has 0 aliphatic carbocycles. The highest BCUT2D eigenvalue weighted by Crippen LogP contribution is 2.27. The van der Waals surface area contributed by atoms with E-state index >= 15 is 0 Å². The first-order valence-corrected chi connectivity index (χ1v) is 13.2. The Kier molecular flexibility index (Phi) is 11.0. The van der Waals surface area contributed by atoms with Gasteiger partial charge in [-0.3, -0.25) is 4.79 Å². The first kappa shape index (κ1) is 22.2. The van der Waals surface area contributed by atoms with Gasteiger partial charge >= 0.3 is 0 Å². The lowest BCUT2D eigenvalue weighted by Gasteiger charge is -2.27. The first-order valence-electron chi connectivity index (χ1n) is 8.93. The average molecular weight is 347 g/mol. The normalized spacial score (nSPS) is 14.1. The number of hydrogen-bond donors (Lipinski definition) is 0. The molecule has 0 fully saturated rings. The summed E-state index contributed by atoms with van der Waals surface area (Å²) in [7, 11) is -1.59. The fourth-order valence-electron chi connectivity index (χ4n) is 2.42. The lowest BCUT2D eigenvalue weighted by molar-refractivity contribution is -0.112.